The fourth-order valence-corrected chi connectivity index (χ4v) is 1.19. The zero-order valence-corrected chi connectivity index (χ0v) is 8.39. The van der Waals surface area contributed by atoms with Crippen LogP contribution >= 0.6 is 0 Å². The van der Waals surface area contributed by atoms with Crippen LogP contribution in [0.1, 0.15) is 22.3 Å². The van der Waals surface area contributed by atoms with Gasteiger partial charge in [-0.05, 0) is 0 Å². The molecule has 0 unspecified atom stereocenters. The van der Waals surface area contributed by atoms with Gasteiger partial charge in [-0.2, -0.15) is 0 Å². The van der Waals surface area contributed by atoms with Gasteiger partial charge in [0.15, 0.2) is 29.1 Å². The zero-order chi connectivity index (χ0) is 14.0. The summed E-state index contributed by atoms with van der Waals surface area (Å²) < 4.78 is 52.5. The van der Waals surface area contributed by atoms with Gasteiger partial charge >= 0.3 is 5.97 Å². The van der Waals surface area contributed by atoms with Gasteiger partial charge in [-0.25, -0.2) is 17.6 Å². The second kappa shape index (κ2) is 4.94. The highest BCUT2D eigenvalue weighted by Crippen LogP contribution is 2.24. The van der Waals surface area contributed by atoms with Gasteiger partial charge < -0.3 is 5.11 Å². The van der Waals surface area contributed by atoms with Crippen LogP contribution in [0.15, 0.2) is 0 Å². The van der Waals surface area contributed by atoms with Crippen LogP contribution in [0.5, 0.6) is 0 Å². The van der Waals surface area contributed by atoms with E-state index in [1.165, 1.54) is 0 Å². The molecule has 95 valence electrons. The summed E-state index contributed by atoms with van der Waals surface area (Å²) >= 11 is 0. The van der Waals surface area contributed by atoms with E-state index in [0.717, 1.165) is 0 Å². The number of carbonyl (C=O) groups excluding carboxylic acids is 2. The molecule has 0 spiro atoms. The SMILES string of the molecule is O=[C]c1c(F)c(F)c(C(=O)CC(=O)O)c(F)c1F. The fraction of sp³-hybridized carbons (Fsp3) is 0.100. The molecule has 1 aromatic rings. The van der Waals surface area contributed by atoms with Crippen LogP contribution in [0.3, 0.4) is 0 Å². The molecule has 18 heavy (non-hydrogen) atoms. The van der Waals surface area contributed by atoms with E-state index in [2.05, 4.69) is 0 Å². The molecule has 0 atom stereocenters. The Bertz CT molecular complexity index is 524. The zero-order valence-electron chi connectivity index (χ0n) is 8.39. The minimum atomic E-state index is -2.13. The van der Waals surface area contributed by atoms with Gasteiger partial charge in [-0.15, -0.1) is 0 Å². The van der Waals surface area contributed by atoms with Crippen molar-refractivity contribution in [1.29, 1.82) is 0 Å². The second-order valence-corrected chi connectivity index (χ2v) is 3.10. The summed E-state index contributed by atoms with van der Waals surface area (Å²) in [4.78, 5) is 31.4. The van der Waals surface area contributed by atoms with Crippen LogP contribution in [0.4, 0.5) is 17.6 Å². The number of ketones is 1. The van der Waals surface area contributed by atoms with Crippen LogP contribution in [-0.2, 0) is 9.59 Å². The molecule has 0 heterocycles. The van der Waals surface area contributed by atoms with Crippen LogP contribution in [0.2, 0.25) is 0 Å². The fourth-order valence-electron chi connectivity index (χ4n) is 1.19. The van der Waals surface area contributed by atoms with E-state index in [0.29, 0.717) is 6.29 Å². The molecule has 0 bridgehead atoms. The molecule has 0 aliphatic rings. The van der Waals surface area contributed by atoms with Crippen molar-refractivity contribution < 1.29 is 37.1 Å². The maximum atomic E-state index is 13.2. The molecule has 0 saturated carbocycles. The topological polar surface area (TPSA) is 71.4 Å². The molecule has 1 radical (unpaired) electrons. The largest absolute Gasteiger partial charge is 0.481 e. The van der Waals surface area contributed by atoms with Gasteiger partial charge in [0.2, 0.25) is 6.29 Å². The monoisotopic (exact) mass is 263 g/mol. The minimum absolute atomic E-state index is 0.644. The van der Waals surface area contributed by atoms with Crippen LogP contribution in [0, 0.1) is 23.3 Å². The van der Waals surface area contributed by atoms with E-state index in [4.69, 9.17) is 5.11 Å². The number of carboxylic acid groups (broad SMARTS) is 1. The molecule has 0 aliphatic heterocycles. The average Bonchev–Trinajstić information content (AvgIpc) is 2.26. The smallest absolute Gasteiger partial charge is 0.311 e. The number of benzene rings is 1. The number of aliphatic carboxylic acids is 1. The average molecular weight is 263 g/mol. The standard InChI is InChI=1S/C10H3F4O4/c11-7-3(2-15)8(12)10(14)6(9(7)13)4(16)1-5(17)18/h1H2,(H,17,18). The summed E-state index contributed by atoms with van der Waals surface area (Å²) in [5.41, 5.74) is -3.30. The highest BCUT2D eigenvalue weighted by Gasteiger charge is 2.30. The Morgan fingerprint density at radius 2 is 1.44 bits per heavy atom. The molecule has 4 nitrogen and oxygen atoms in total. The Hall–Kier alpha value is -2.25. The van der Waals surface area contributed by atoms with Gasteiger partial charge in [0, 0.05) is 0 Å². The van der Waals surface area contributed by atoms with E-state index >= 15 is 0 Å². The first-order valence-electron chi connectivity index (χ1n) is 4.30. The maximum absolute atomic E-state index is 13.2. The normalized spacial score (nSPS) is 10.2. The lowest BCUT2D eigenvalue weighted by Crippen LogP contribution is -2.16. The van der Waals surface area contributed by atoms with Gasteiger partial charge in [0.05, 0.1) is 5.56 Å². The van der Waals surface area contributed by atoms with Gasteiger partial charge in [-0.3, -0.25) is 14.4 Å². The van der Waals surface area contributed by atoms with Crippen LogP contribution in [-0.4, -0.2) is 23.1 Å². The number of rotatable bonds is 4. The molecule has 0 aromatic heterocycles. The van der Waals surface area contributed by atoms with E-state index in [1.807, 2.05) is 0 Å². The van der Waals surface area contributed by atoms with Gasteiger partial charge in [-0.1, -0.05) is 0 Å². The Morgan fingerprint density at radius 1 is 1.00 bits per heavy atom. The summed E-state index contributed by atoms with van der Waals surface area (Å²) in [6.45, 7) is 0. The van der Waals surface area contributed by atoms with Gasteiger partial charge in [0.25, 0.3) is 0 Å². The van der Waals surface area contributed by atoms with E-state index < -0.39 is 52.6 Å². The lowest BCUT2D eigenvalue weighted by atomic mass is 10.0. The van der Waals surface area contributed by atoms with Crippen LogP contribution < -0.4 is 0 Å². The first-order chi connectivity index (χ1) is 8.31. The summed E-state index contributed by atoms with van der Waals surface area (Å²) in [6.07, 6.45) is -0.706. The first-order valence-corrected chi connectivity index (χ1v) is 4.30. The molecule has 0 amide bonds. The van der Waals surface area contributed by atoms with E-state index in [9.17, 15) is 31.9 Å². The summed E-state index contributed by atoms with van der Waals surface area (Å²) in [7, 11) is 0. The molecular formula is C10H3F4O4. The van der Waals surface area contributed by atoms with Crippen molar-refractivity contribution in [3.8, 4) is 0 Å². The molecule has 8 heteroatoms. The number of hydrogen-bond donors (Lipinski definition) is 1. The third kappa shape index (κ3) is 2.22. The molecule has 1 aromatic carbocycles. The third-order valence-corrected chi connectivity index (χ3v) is 1.96. The Morgan fingerprint density at radius 3 is 1.78 bits per heavy atom. The maximum Gasteiger partial charge on any atom is 0.311 e. The molecule has 1 rings (SSSR count). The minimum Gasteiger partial charge on any atom is -0.481 e. The molecule has 0 saturated heterocycles. The van der Waals surface area contributed by atoms with Crippen molar-refractivity contribution >= 4 is 18.0 Å². The Labute approximate surface area is 96.8 Å². The lowest BCUT2D eigenvalue weighted by molar-refractivity contribution is -0.135. The second-order valence-electron chi connectivity index (χ2n) is 3.10. The summed E-state index contributed by atoms with van der Waals surface area (Å²) in [6, 6.07) is 0. The highest BCUT2D eigenvalue weighted by molar-refractivity contribution is 6.06. The van der Waals surface area contributed by atoms with Crippen molar-refractivity contribution in [2.24, 2.45) is 0 Å². The predicted octanol–water partition coefficient (Wildman–Crippen LogP) is 1.36. The Balaban J connectivity index is 3.51. The summed E-state index contributed by atoms with van der Waals surface area (Å²) in [5, 5.41) is 8.25. The van der Waals surface area contributed by atoms with Crippen molar-refractivity contribution in [2.45, 2.75) is 6.42 Å². The number of Topliss-reactive ketones (excluding diaryl/α,β-unsaturated/α-hetero) is 1. The quantitative estimate of drug-likeness (QED) is 0.385. The molecule has 0 fully saturated rings. The van der Waals surface area contributed by atoms with Crippen molar-refractivity contribution in [3.63, 3.8) is 0 Å². The number of hydrogen-bond acceptors (Lipinski definition) is 3. The molecule has 0 aliphatic carbocycles. The lowest BCUT2D eigenvalue weighted by Gasteiger charge is -2.06. The first kappa shape index (κ1) is 13.8. The number of carbonyl (C=O) groups is 2. The van der Waals surface area contributed by atoms with E-state index in [1.54, 1.807) is 0 Å². The van der Waals surface area contributed by atoms with Crippen LogP contribution in [0.25, 0.3) is 0 Å². The predicted molar refractivity (Wildman–Crippen MR) is 47.7 cm³/mol. The van der Waals surface area contributed by atoms with Crippen molar-refractivity contribution in [2.75, 3.05) is 0 Å². The Kier molecular flexibility index (Phi) is 3.79. The summed E-state index contributed by atoms with van der Waals surface area (Å²) in [5.74, 6) is -11.8. The van der Waals surface area contributed by atoms with Crippen molar-refractivity contribution in [1.82, 2.24) is 0 Å². The third-order valence-electron chi connectivity index (χ3n) is 1.96. The molecular weight excluding hydrogens is 260 g/mol. The van der Waals surface area contributed by atoms with Crippen molar-refractivity contribution in [3.05, 3.63) is 34.4 Å². The number of halogens is 4. The van der Waals surface area contributed by atoms with Gasteiger partial charge in [0.1, 0.15) is 12.0 Å². The van der Waals surface area contributed by atoms with E-state index in [-0.39, 0.29) is 0 Å². The molecule has 1 N–H and O–H groups in total. The highest BCUT2D eigenvalue weighted by atomic mass is 19.2. The number of carboxylic acids is 1.